The molecule has 0 amide bonds. The molecule has 0 atom stereocenters. The number of aromatic nitrogens is 2. The van der Waals surface area contributed by atoms with Crippen molar-refractivity contribution in [1.82, 2.24) is 0 Å². The van der Waals surface area contributed by atoms with Gasteiger partial charge in [-0.2, -0.15) is 0 Å². The molecule has 0 N–H and O–H groups in total. The van der Waals surface area contributed by atoms with Crippen molar-refractivity contribution in [1.29, 1.82) is 0 Å². The van der Waals surface area contributed by atoms with Crippen molar-refractivity contribution in [2.24, 2.45) is 0 Å². The molecule has 0 aliphatic carbocycles. The Morgan fingerprint density at radius 3 is 1.06 bits per heavy atom. The first-order valence-corrected chi connectivity index (χ1v) is 23.6. The van der Waals surface area contributed by atoms with E-state index in [1.165, 1.54) is 105 Å². The molecule has 0 unspecified atom stereocenters. The van der Waals surface area contributed by atoms with Crippen LogP contribution in [0.5, 0.6) is 0 Å². The van der Waals surface area contributed by atoms with E-state index < -0.39 is 0 Å². The van der Waals surface area contributed by atoms with Gasteiger partial charge in [-0.15, -0.1) is 0 Å². The van der Waals surface area contributed by atoms with Crippen molar-refractivity contribution < 1.29 is 90.8 Å². The highest BCUT2D eigenvalue weighted by atomic mass is 79.9. The number of carbonyl (C=O) groups is 1. The van der Waals surface area contributed by atoms with Crippen molar-refractivity contribution in [2.45, 2.75) is 112 Å². The highest BCUT2D eigenvalue weighted by molar-refractivity contribution is 5.75. The lowest BCUT2D eigenvalue weighted by Gasteiger charge is -2.24. The second kappa shape index (κ2) is 38.5. The van der Waals surface area contributed by atoms with Gasteiger partial charge in [-0.1, -0.05) is 77.7 Å². The number of aryl methyl sites for hydroxylation is 3. The Hall–Kier alpha value is -2.41. The number of pyridine rings is 2. The number of anilines is 2. The zero-order valence-electron chi connectivity index (χ0n) is 42.3. The van der Waals surface area contributed by atoms with Gasteiger partial charge in [0.25, 0.3) is 0 Å². The smallest absolute Gasteiger partial charge is 0.169 e. The Bertz CT molecular complexity index is 1730. The van der Waals surface area contributed by atoms with E-state index >= 15 is 0 Å². The van der Waals surface area contributed by atoms with Gasteiger partial charge in [0.2, 0.25) is 0 Å². The van der Waals surface area contributed by atoms with Crippen LogP contribution in [0.2, 0.25) is 0 Å². The van der Waals surface area contributed by atoms with Gasteiger partial charge in [-0.05, 0) is 85.7 Å². The van der Waals surface area contributed by atoms with Crippen molar-refractivity contribution in [3.8, 4) is 0 Å². The summed E-state index contributed by atoms with van der Waals surface area (Å²) in [4.78, 5) is 15.6. The van der Waals surface area contributed by atoms with Gasteiger partial charge < -0.3 is 86.7 Å². The average molecular weight is 1160 g/mol. The Kier molecular flexibility index (Phi) is 39.6. The van der Waals surface area contributed by atoms with Gasteiger partial charge >= 0.3 is 0 Å². The minimum absolute atomic E-state index is 0. The second-order valence-corrected chi connectivity index (χ2v) is 18.7. The quantitative estimate of drug-likeness (QED) is 0.0484. The number of nitrogens with zero attached hydrogens (tertiary/aromatic N) is 6. The van der Waals surface area contributed by atoms with Gasteiger partial charge in [0, 0.05) is 67.4 Å². The fourth-order valence-electron chi connectivity index (χ4n) is 6.75. The highest BCUT2D eigenvalue weighted by Gasteiger charge is 2.10. The molecule has 0 bridgehead atoms. The summed E-state index contributed by atoms with van der Waals surface area (Å²) < 4.78 is 6.60. The molecule has 368 valence electrons. The molecule has 65 heavy (non-hydrogen) atoms. The van der Waals surface area contributed by atoms with Crippen molar-refractivity contribution in [3.63, 3.8) is 0 Å². The number of halogens is 4. The van der Waals surface area contributed by atoms with Crippen LogP contribution < -0.4 is 86.9 Å². The Morgan fingerprint density at radius 2 is 0.754 bits per heavy atom. The molecule has 0 radical (unpaired) electrons. The van der Waals surface area contributed by atoms with Crippen LogP contribution in [0.1, 0.15) is 119 Å². The molecule has 0 fully saturated rings. The Balaban J connectivity index is -0.000000939. The molecule has 0 aliphatic heterocycles. The molecule has 2 aromatic heterocycles. The first-order chi connectivity index (χ1) is 29.2. The fourth-order valence-corrected chi connectivity index (χ4v) is 6.75. The number of hydrogen-bond acceptors (Lipinski definition) is 3. The van der Waals surface area contributed by atoms with Crippen LogP contribution in [0, 0.1) is 6.92 Å². The maximum Gasteiger partial charge on any atom is 0.169 e. The highest BCUT2D eigenvalue weighted by Crippen LogP contribution is 2.19. The SMILES string of the molecule is CCCCN(CCCC)c1ccc(/C=C/c2cc[n+](CCC[N+](C)(C)C)cc2)cc1.CCCCN(CCCC)c1ccc(C=O)cc1.Cc1cc[n+](CCC[N+](C)(C)C)cc1.[Br-].[Br-].[Br-].[Br-]. The molecule has 2 heterocycles. The van der Waals surface area contributed by atoms with Crippen molar-refractivity contribution in [3.05, 3.63) is 120 Å². The molecular formula is C54H88Br4N6O. The van der Waals surface area contributed by atoms with Crippen LogP contribution >= 0.6 is 0 Å². The predicted molar refractivity (Wildman–Crippen MR) is 264 cm³/mol. The average Bonchev–Trinajstić information content (AvgIpc) is 3.24. The van der Waals surface area contributed by atoms with E-state index in [1.54, 1.807) is 0 Å². The molecule has 4 rings (SSSR count). The molecule has 0 saturated heterocycles. The van der Waals surface area contributed by atoms with E-state index in [0.717, 1.165) is 60.1 Å². The number of benzene rings is 2. The van der Waals surface area contributed by atoms with Gasteiger partial charge in [-0.25, -0.2) is 9.13 Å². The van der Waals surface area contributed by atoms with E-state index in [1.807, 2.05) is 12.1 Å². The third-order valence-electron chi connectivity index (χ3n) is 10.7. The predicted octanol–water partition coefficient (Wildman–Crippen LogP) is -1.05. The first kappa shape index (κ1) is 66.9. The molecule has 4 aromatic rings. The number of quaternary nitrogens is 2. The Labute approximate surface area is 440 Å². The number of rotatable bonds is 25. The number of hydrogen-bond donors (Lipinski definition) is 0. The summed E-state index contributed by atoms with van der Waals surface area (Å²) in [7, 11) is 13.5. The zero-order valence-corrected chi connectivity index (χ0v) is 48.6. The molecule has 0 aliphatic rings. The molecule has 0 saturated carbocycles. The maximum atomic E-state index is 10.6. The monoisotopic (exact) mass is 1150 g/mol. The molecule has 0 spiro atoms. The zero-order chi connectivity index (χ0) is 44.9. The summed E-state index contributed by atoms with van der Waals surface area (Å²) in [6.45, 7) is 20.2. The van der Waals surface area contributed by atoms with Crippen LogP contribution in [0.3, 0.4) is 0 Å². The van der Waals surface area contributed by atoms with Gasteiger partial charge in [0.1, 0.15) is 6.29 Å². The normalized spacial score (nSPS) is 10.7. The largest absolute Gasteiger partial charge is 1.00 e. The lowest BCUT2D eigenvalue weighted by molar-refractivity contribution is -0.873. The third kappa shape index (κ3) is 32.1. The second-order valence-electron chi connectivity index (χ2n) is 18.7. The van der Waals surface area contributed by atoms with E-state index in [0.29, 0.717) is 0 Å². The van der Waals surface area contributed by atoms with Crippen LogP contribution in [-0.2, 0) is 13.1 Å². The van der Waals surface area contributed by atoms with Crippen LogP contribution in [0.15, 0.2) is 97.6 Å². The van der Waals surface area contributed by atoms with Crippen LogP contribution in [0.4, 0.5) is 11.4 Å². The summed E-state index contributed by atoms with van der Waals surface area (Å²) in [6.07, 6.45) is 26.3. The van der Waals surface area contributed by atoms with Crippen molar-refractivity contribution in [2.75, 3.05) is 91.4 Å². The summed E-state index contributed by atoms with van der Waals surface area (Å²) in [6, 6.07) is 25.6. The van der Waals surface area contributed by atoms with E-state index in [-0.39, 0.29) is 67.9 Å². The molecule has 11 heteroatoms. The lowest BCUT2D eigenvalue weighted by atomic mass is 10.1. The minimum Gasteiger partial charge on any atom is -1.00 e. The Morgan fingerprint density at radius 1 is 0.446 bits per heavy atom. The van der Waals surface area contributed by atoms with Gasteiger partial charge in [0.05, 0.1) is 68.2 Å². The lowest BCUT2D eigenvalue weighted by Crippen LogP contribution is -3.00. The van der Waals surface area contributed by atoms with Crippen LogP contribution in [0.25, 0.3) is 12.2 Å². The van der Waals surface area contributed by atoms with E-state index in [4.69, 9.17) is 0 Å². The third-order valence-corrected chi connectivity index (χ3v) is 10.7. The summed E-state index contributed by atoms with van der Waals surface area (Å²) in [5, 5.41) is 0. The molecular weight excluding hydrogens is 1070 g/mol. The standard InChI is InChI=1S/C27H43N3.C15H23NO.C12H22N2.4BrH/c1-6-8-20-29(21-9-7-2)27-15-13-25(14-16-27)11-12-26-17-22-28(23-18-26)19-10-24-30(3,4)5;1-3-5-11-16(12-6-4-2)15-9-7-14(13-17)8-10-15;1-12-6-9-13(10-7-12)8-5-11-14(2,3)4;;;;/h11-18,22-23H,6-10,19-21,24H2,1-5H3;7-10,13H,3-6,11-12H2,1-2H3;6-7,9-10H,5,8,11H2,1-4H3;4*1H/q+2;;+2;;;;/p-4. The fraction of sp³-hybridized carbons (Fsp3) is 0.537. The van der Waals surface area contributed by atoms with E-state index in [9.17, 15) is 4.79 Å². The topological polar surface area (TPSA) is 31.3 Å². The van der Waals surface area contributed by atoms with E-state index in [2.05, 4.69) is 193 Å². The van der Waals surface area contributed by atoms with Gasteiger partial charge in [-0.3, -0.25) is 4.79 Å². The first-order valence-electron chi connectivity index (χ1n) is 23.6. The van der Waals surface area contributed by atoms with Crippen molar-refractivity contribution >= 4 is 29.8 Å². The molecule has 7 nitrogen and oxygen atoms in total. The van der Waals surface area contributed by atoms with Crippen LogP contribution in [-0.4, -0.2) is 96.8 Å². The maximum absolute atomic E-state index is 10.6. The summed E-state index contributed by atoms with van der Waals surface area (Å²) >= 11 is 0. The minimum atomic E-state index is 0. The number of aldehydes is 1. The van der Waals surface area contributed by atoms with Gasteiger partial charge in [0.15, 0.2) is 37.9 Å². The number of unbranched alkanes of at least 4 members (excludes halogenated alkanes) is 4. The number of carbonyl (C=O) groups excluding carboxylic acids is 1. The summed E-state index contributed by atoms with van der Waals surface area (Å²) in [5.41, 5.74) is 7.16. The molecule has 2 aromatic carbocycles. The summed E-state index contributed by atoms with van der Waals surface area (Å²) in [5.74, 6) is 0.